The van der Waals surface area contributed by atoms with E-state index in [9.17, 15) is 0 Å². The second-order valence-corrected chi connectivity index (χ2v) is 3.12. The van der Waals surface area contributed by atoms with Gasteiger partial charge in [-0.15, -0.1) is 0 Å². The van der Waals surface area contributed by atoms with Crippen molar-refractivity contribution < 1.29 is 0 Å². The summed E-state index contributed by atoms with van der Waals surface area (Å²) in [4.78, 5) is 2.08. The molecular formula is C13H19N. The molecule has 0 aliphatic carbocycles. The molecule has 0 aromatic carbocycles. The monoisotopic (exact) mass is 189 g/mol. The van der Waals surface area contributed by atoms with Crippen LogP contribution in [0.15, 0.2) is 61.9 Å². The molecule has 0 aliphatic rings. The van der Waals surface area contributed by atoms with Crippen LogP contribution < -0.4 is 0 Å². The van der Waals surface area contributed by atoms with Gasteiger partial charge in [0, 0.05) is 19.3 Å². The van der Waals surface area contributed by atoms with E-state index in [4.69, 9.17) is 0 Å². The van der Waals surface area contributed by atoms with Gasteiger partial charge in [0.2, 0.25) is 0 Å². The summed E-state index contributed by atoms with van der Waals surface area (Å²) in [6.07, 6.45) is 8.25. The molecule has 0 fully saturated rings. The molecule has 0 amide bonds. The minimum absolute atomic E-state index is 0.908. The van der Waals surface area contributed by atoms with Crippen LogP contribution in [-0.4, -0.2) is 18.5 Å². The zero-order chi connectivity index (χ0) is 11.0. The summed E-state index contributed by atoms with van der Waals surface area (Å²) < 4.78 is 0. The number of rotatable bonds is 7. The molecule has 0 bridgehead atoms. The zero-order valence-corrected chi connectivity index (χ0v) is 9.00. The lowest BCUT2D eigenvalue weighted by molar-refractivity contribution is 0.438. The summed E-state index contributed by atoms with van der Waals surface area (Å²) in [7, 11) is 2.01. The highest BCUT2D eigenvalue weighted by Gasteiger charge is 1.98. The van der Waals surface area contributed by atoms with Crippen LogP contribution in [0.25, 0.3) is 0 Å². The second-order valence-electron chi connectivity index (χ2n) is 3.12. The third-order valence-corrected chi connectivity index (χ3v) is 1.97. The van der Waals surface area contributed by atoms with E-state index in [2.05, 4.69) is 31.2 Å². The van der Waals surface area contributed by atoms with Gasteiger partial charge in [0.15, 0.2) is 0 Å². The predicted molar refractivity (Wildman–Crippen MR) is 65.1 cm³/mol. The molecule has 0 saturated heterocycles. The van der Waals surface area contributed by atoms with E-state index in [0.717, 1.165) is 24.2 Å². The Morgan fingerprint density at radius 2 is 1.93 bits per heavy atom. The van der Waals surface area contributed by atoms with Crippen LogP contribution in [0, 0.1) is 0 Å². The van der Waals surface area contributed by atoms with Crippen molar-refractivity contribution in [3.8, 4) is 0 Å². The molecule has 0 spiro atoms. The summed E-state index contributed by atoms with van der Waals surface area (Å²) in [5, 5.41) is 0. The third-order valence-electron chi connectivity index (χ3n) is 1.97. The highest BCUT2D eigenvalue weighted by molar-refractivity contribution is 5.18. The Morgan fingerprint density at radius 1 is 1.29 bits per heavy atom. The Balaban J connectivity index is 3.95. The fourth-order valence-electron chi connectivity index (χ4n) is 0.863. The van der Waals surface area contributed by atoms with E-state index in [1.54, 1.807) is 12.2 Å². The Kier molecular flexibility index (Phi) is 6.21. The van der Waals surface area contributed by atoms with Crippen molar-refractivity contribution in [2.24, 2.45) is 0 Å². The van der Waals surface area contributed by atoms with Gasteiger partial charge in [-0.3, -0.25) is 0 Å². The van der Waals surface area contributed by atoms with Crippen molar-refractivity contribution in [2.75, 3.05) is 13.6 Å². The lowest BCUT2D eigenvalue weighted by Crippen LogP contribution is -2.17. The molecule has 0 rings (SSSR count). The largest absolute Gasteiger partial charge is 0.375 e. The maximum absolute atomic E-state index is 3.93. The molecule has 14 heavy (non-hydrogen) atoms. The summed E-state index contributed by atoms with van der Waals surface area (Å²) in [5.41, 5.74) is 2.03. The van der Waals surface area contributed by atoms with Crippen molar-refractivity contribution in [2.45, 2.75) is 6.42 Å². The molecule has 0 atom stereocenters. The molecule has 0 aliphatic heterocycles. The number of likely N-dealkylation sites (N-methyl/N-ethyl adjacent to an activating group) is 1. The minimum atomic E-state index is 0.908. The fourth-order valence-corrected chi connectivity index (χ4v) is 0.863. The Labute approximate surface area is 87.4 Å². The van der Waals surface area contributed by atoms with Gasteiger partial charge in [-0.2, -0.15) is 0 Å². The first kappa shape index (κ1) is 12.5. The maximum Gasteiger partial charge on any atom is 0.0290 e. The highest BCUT2D eigenvalue weighted by atomic mass is 15.1. The average Bonchev–Trinajstić information content (AvgIpc) is 2.21. The maximum atomic E-state index is 3.93. The van der Waals surface area contributed by atoms with Gasteiger partial charge >= 0.3 is 0 Å². The molecule has 0 saturated carbocycles. The van der Waals surface area contributed by atoms with Crippen LogP contribution in [-0.2, 0) is 0 Å². The van der Waals surface area contributed by atoms with E-state index in [-0.39, 0.29) is 0 Å². The molecule has 0 radical (unpaired) electrons. The van der Waals surface area contributed by atoms with Gasteiger partial charge < -0.3 is 4.90 Å². The van der Waals surface area contributed by atoms with Crippen molar-refractivity contribution in [1.29, 1.82) is 0 Å². The van der Waals surface area contributed by atoms with Gasteiger partial charge in [0.25, 0.3) is 0 Å². The number of allylic oxidation sites excluding steroid dienone is 4. The van der Waals surface area contributed by atoms with Crippen LogP contribution in [0.4, 0.5) is 0 Å². The van der Waals surface area contributed by atoms with E-state index in [1.165, 1.54) is 0 Å². The first-order valence-electron chi connectivity index (χ1n) is 4.61. The first-order valence-corrected chi connectivity index (χ1v) is 4.61. The number of hydrogen-bond acceptors (Lipinski definition) is 1. The second kappa shape index (κ2) is 6.96. The van der Waals surface area contributed by atoms with Gasteiger partial charge in [-0.05, 0) is 12.5 Å². The third kappa shape index (κ3) is 5.20. The lowest BCUT2D eigenvalue weighted by Gasteiger charge is -2.19. The van der Waals surface area contributed by atoms with Gasteiger partial charge in [0.1, 0.15) is 0 Å². The van der Waals surface area contributed by atoms with Crippen molar-refractivity contribution in [1.82, 2.24) is 4.90 Å². The molecule has 1 heteroatoms. The molecule has 1 nitrogen and oxygen atoms in total. The van der Waals surface area contributed by atoms with Crippen LogP contribution in [0.2, 0.25) is 0 Å². The number of hydrogen-bond donors (Lipinski definition) is 0. The highest BCUT2D eigenvalue weighted by Crippen LogP contribution is 2.05. The molecule has 0 heterocycles. The Bertz CT molecular complexity index is 258. The Morgan fingerprint density at radius 3 is 2.43 bits per heavy atom. The van der Waals surface area contributed by atoms with Crippen LogP contribution in [0.5, 0.6) is 0 Å². The van der Waals surface area contributed by atoms with Crippen molar-refractivity contribution in [3.63, 3.8) is 0 Å². The summed E-state index contributed by atoms with van der Waals surface area (Å²) in [6, 6.07) is 0. The summed E-state index contributed by atoms with van der Waals surface area (Å²) >= 11 is 0. The molecule has 76 valence electrons. The standard InChI is InChI=1S/C13H19N/c1-6-8-9-13(4)14(5)11-10-12(3)7-2/h6-9H,1-4,10-11H2,5H3/b9-8-. The molecular weight excluding hydrogens is 170 g/mol. The fraction of sp³-hybridized carbons (Fsp3) is 0.231. The average molecular weight is 189 g/mol. The van der Waals surface area contributed by atoms with Gasteiger partial charge in [0.05, 0.1) is 0 Å². The van der Waals surface area contributed by atoms with Crippen LogP contribution in [0.3, 0.4) is 0 Å². The first-order chi connectivity index (χ1) is 6.61. The zero-order valence-electron chi connectivity index (χ0n) is 9.00. The molecule has 0 aromatic rings. The predicted octanol–water partition coefficient (Wildman–Crippen LogP) is 3.31. The van der Waals surface area contributed by atoms with E-state index < -0.39 is 0 Å². The molecule has 0 N–H and O–H groups in total. The van der Waals surface area contributed by atoms with Crippen LogP contribution in [0.1, 0.15) is 6.42 Å². The topological polar surface area (TPSA) is 3.24 Å². The lowest BCUT2D eigenvalue weighted by atomic mass is 10.2. The van der Waals surface area contributed by atoms with E-state index >= 15 is 0 Å². The normalized spacial score (nSPS) is 9.79. The summed E-state index contributed by atoms with van der Waals surface area (Å²) in [6.45, 7) is 16.0. The number of nitrogens with zero attached hydrogens (tertiary/aromatic N) is 1. The van der Waals surface area contributed by atoms with Crippen molar-refractivity contribution in [3.05, 3.63) is 61.9 Å². The van der Waals surface area contributed by atoms with Gasteiger partial charge in [-0.1, -0.05) is 50.1 Å². The van der Waals surface area contributed by atoms with E-state index in [1.807, 2.05) is 19.2 Å². The minimum Gasteiger partial charge on any atom is -0.375 e. The van der Waals surface area contributed by atoms with Crippen LogP contribution >= 0.6 is 0 Å². The van der Waals surface area contributed by atoms with Gasteiger partial charge in [-0.25, -0.2) is 0 Å². The SMILES string of the molecule is C=C/C=C\C(=C)N(C)CCC(=C)C=C. The van der Waals surface area contributed by atoms with Crippen molar-refractivity contribution >= 4 is 0 Å². The Hall–Kier alpha value is -1.50. The molecule has 0 aromatic heterocycles. The van der Waals surface area contributed by atoms with E-state index in [0.29, 0.717) is 0 Å². The quantitative estimate of drug-likeness (QED) is 0.555. The molecule has 0 unspecified atom stereocenters. The summed E-state index contributed by atoms with van der Waals surface area (Å²) in [5.74, 6) is 0. The smallest absolute Gasteiger partial charge is 0.0290 e.